The number of fused-ring (bicyclic) bond motifs is 3. The summed E-state index contributed by atoms with van der Waals surface area (Å²) in [4.78, 5) is 35.4. The molecule has 0 radical (unpaired) electrons. The number of nitrogens with zero attached hydrogens (tertiary/aromatic N) is 4. The smallest absolute Gasteiger partial charge is 0.322 e. The van der Waals surface area contributed by atoms with Gasteiger partial charge in [0, 0.05) is 29.0 Å². The van der Waals surface area contributed by atoms with Crippen LogP contribution in [0.5, 0.6) is 11.5 Å². The van der Waals surface area contributed by atoms with Gasteiger partial charge in [-0.2, -0.15) is 5.11 Å². The van der Waals surface area contributed by atoms with Gasteiger partial charge in [0.2, 0.25) is 0 Å². The Morgan fingerprint density at radius 3 is 2.59 bits per heavy atom. The molecule has 0 saturated heterocycles. The summed E-state index contributed by atoms with van der Waals surface area (Å²) in [6, 6.07) is 5.16. The van der Waals surface area contributed by atoms with E-state index in [1.165, 1.54) is 12.3 Å². The van der Waals surface area contributed by atoms with Crippen LogP contribution in [0.1, 0.15) is 62.0 Å². The molecule has 2 aromatic rings. The van der Waals surface area contributed by atoms with Gasteiger partial charge in [0.15, 0.2) is 16.9 Å². The first kappa shape index (κ1) is 25.1. The van der Waals surface area contributed by atoms with Crippen LogP contribution in [0.25, 0.3) is 11.3 Å². The van der Waals surface area contributed by atoms with E-state index in [0.29, 0.717) is 36.8 Å². The molecular formula is C24H31N5O5. The predicted molar refractivity (Wildman–Crippen MR) is 128 cm³/mol. The van der Waals surface area contributed by atoms with Crippen LogP contribution in [0, 0.1) is 10.3 Å². The van der Waals surface area contributed by atoms with Crippen LogP contribution >= 0.6 is 0 Å². The van der Waals surface area contributed by atoms with E-state index in [0.717, 1.165) is 30.4 Å². The van der Waals surface area contributed by atoms with Crippen molar-refractivity contribution in [3.63, 3.8) is 0 Å². The predicted octanol–water partition coefficient (Wildman–Crippen LogP) is 4.45. The molecule has 0 aliphatic carbocycles. The Hall–Kier alpha value is -3.56. The molecule has 1 aromatic carbocycles. The number of rotatable bonds is 9. The molecule has 1 atom stereocenters. The lowest BCUT2D eigenvalue weighted by Gasteiger charge is -2.39. The number of nitrogens with two attached hydrogens (primary N) is 1. The van der Waals surface area contributed by atoms with Gasteiger partial charge in [-0.05, 0) is 48.8 Å². The Labute approximate surface area is 198 Å². The second-order valence-electron chi connectivity index (χ2n) is 9.38. The summed E-state index contributed by atoms with van der Waals surface area (Å²) in [5.74, 6) is 5.14. The summed E-state index contributed by atoms with van der Waals surface area (Å²) in [6.07, 6.45) is 4.78. The Morgan fingerprint density at radius 2 is 1.94 bits per heavy atom. The molecule has 3 rings (SSSR count). The molecule has 1 amide bonds. The molecule has 1 aliphatic heterocycles. The van der Waals surface area contributed by atoms with Crippen LogP contribution in [0.2, 0.25) is 0 Å². The third kappa shape index (κ3) is 5.32. The van der Waals surface area contributed by atoms with Crippen molar-refractivity contribution < 1.29 is 14.3 Å². The number of amides is 1. The minimum atomic E-state index is -1.06. The number of carbonyl (C=O) groups is 1. The summed E-state index contributed by atoms with van der Waals surface area (Å²) in [5.41, 5.74) is 1.55. The maximum Gasteiger partial charge on any atom is 0.322 e. The maximum atomic E-state index is 12.6. The van der Waals surface area contributed by atoms with Crippen LogP contribution in [0.15, 0.2) is 44.7 Å². The zero-order valence-electron chi connectivity index (χ0n) is 20.0. The maximum absolute atomic E-state index is 12.6. The Kier molecular flexibility index (Phi) is 7.80. The fourth-order valence-electron chi connectivity index (χ4n) is 4.25. The van der Waals surface area contributed by atoms with E-state index >= 15 is 0 Å². The minimum absolute atomic E-state index is 0.0632. The van der Waals surface area contributed by atoms with Gasteiger partial charge in [0.05, 0.1) is 26.0 Å². The van der Waals surface area contributed by atoms with Crippen molar-refractivity contribution in [2.75, 3.05) is 20.3 Å². The fraction of sp³-hybridized carbons (Fsp3) is 0.500. The number of nitroso groups, excluding NO2 is 1. The number of unbranched alkanes of at least 4 members (excludes halogenated alkanes) is 2. The van der Waals surface area contributed by atoms with Gasteiger partial charge in [0.1, 0.15) is 5.56 Å². The molecule has 10 nitrogen and oxygen atoms in total. The lowest BCUT2D eigenvalue weighted by Crippen LogP contribution is -2.32. The van der Waals surface area contributed by atoms with Crippen molar-refractivity contribution in [3.8, 4) is 22.8 Å². The molecule has 2 N–H and O–H groups in total. The van der Waals surface area contributed by atoms with Crippen molar-refractivity contribution in [2.24, 2.45) is 26.8 Å². The molecule has 0 unspecified atom stereocenters. The van der Waals surface area contributed by atoms with Crippen molar-refractivity contribution in [3.05, 3.63) is 50.7 Å². The summed E-state index contributed by atoms with van der Waals surface area (Å²) in [5, 5.41) is 9.44. The minimum Gasteiger partial charge on any atom is -0.493 e. The molecular weight excluding hydrogens is 438 g/mol. The standard InChI is InChI=1S/C24H31N5O5/c1-24(2,3)22-11-15-10-21(34-9-7-5-6-8-26-28-25)20(33-4)12-16(15)18-13-19(30)17(14-29(18)22)23(31)27-32/h10,12-14,22H,5-9,11H2,1-4H3,(H2,25,26)/t22-/m1/s1. The molecule has 0 fully saturated rings. The van der Waals surface area contributed by atoms with Gasteiger partial charge in [-0.3, -0.25) is 9.59 Å². The van der Waals surface area contributed by atoms with Gasteiger partial charge in [-0.15, -0.1) is 4.91 Å². The number of ether oxygens (including phenoxy) is 2. The first-order valence-corrected chi connectivity index (χ1v) is 11.3. The van der Waals surface area contributed by atoms with Gasteiger partial charge in [0.25, 0.3) is 0 Å². The summed E-state index contributed by atoms with van der Waals surface area (Å²) < 4.78 is 13.5. The number of benzene rings is 1. The van der Waals surface area contributed by atoms with Crippen molar-refractivity contribution in [1.82, 2.24) is 4.57 Å². The van der Waals surface area contributed by atoms with E-state index in [1.807, 2.05) is 16.7 Å². The van der Waals surface area contributed by atoms with E-state index in [2.05, 4.69) is 36.3 Å². The second kappa shape index (κ2) is 10.6. The van der Waals surface area contributed by atoms with E-state index in [-0.39, 0.29) is 17.0 Å². The third-order valence-electron chi connectivity index (χ3n) is 6.05. The SMILES string of the molecule is COc1cc2c(cc1OCCCCCN=NN)C[C@H](C(C)(C)C)n1cc(C(=O)N=O)c(=O)cc1-2. The molecule has 2 heterocycles. The third-order valence-corrected chi connectivity index (χ3v) is 6.05. The lowest BCUT2D eigenvalue weighted by molar-refractivity contribution is 0.0998. The van der Waals surface area contributed by atoms with E-state index in [1.54, 1.807) is 7.11 Å². The molecule has 34 heavy (non-hydrogen) atoms. The molecule has 0 bridgehead atoms. The zero-order chi connectivity index (χ0) is 24.9. The molecule has 182 valence electrons. The first-order chi connectivity index (χ1) is 16.2. The first-order valence-electron chi connectivity index (χ1n) is 11.3. The van der Waals surface area contributed by atoms with Gasteiger partial charge in [-0.25, -0.2) is 0 Å². The van der Waals surface area contributed by atoms with E-state index < -0.39 is 11.3 Å². The number of pyridine rings is 1. The molecule has 0 spiro atoms. The Bertz CT molecular complexity index is 1150. The number of hydrogen-bond donors (Lipinski definition) is 1. The van der Waals surface area contributed by atoms with Crippen molar-refractivity contribution in [1.29, 1.82) is 0 Å². The monoisotopic (exact) mass is 469 g/mol. The number of carbonyl (C=O) groups excluding carboxylic acids is 1. The number of methoxy groups -OCH3 is 1. The van der Waals surface area contributed by atoms with Crippen molar-refractivity contribution in [2.45, 2.75) is 52.5 Å². The molecule has 1 aromatic heterocycles. The normalized spacial score (nSPS) is 15.0. The van der Waals surface area contributed by atoms with E-state index in [9.17, 15) is 14.5 Å². The van der Waals surface area contributed by atoms with Gasteiger partial charge >= 0.3 is 5.91 Å². The van der Waals surface area contributed by atoms with Gasteiger partial charge in [-0.1, -0.05) is 26.0 Å². The number of hydrogen-bond acceptors (Lipinski definition) is 7. The lowest BCUT2D eigenvalue weighted by atomic mass is 9.78. The zero-order valence-corrected chi connectivity index (χ0v) is 20.0. The Morgan fingerprint density at radius 1 is 1.18 bits per heavy atom. The topological polar surface area (TPSA) is 138 Å². The highest BCUT2D eigenvalue weighted by molar-refractivity contribution is 5.94. The summed E-state index contributed by atoms with van der Waals surface area (Å²) in [7, 11) is 1.57. The van der Waals surface area contributed by atoms with Crippen LogP contribution in [-0.4, -0.2) is 30.7 Å². The second-order valence-corrected chi connectivity index (χ2v) is 9.38. The molecule has 1 aliphatic rings. The fourth-order valence-corrected chi connectivity index (χ4v) is 4.25. The summed E-state index contributed by atoms with van der Waals surface area (Å²) in [6.45, 7) is 7.40. The average molecular weight is 470 g/mol. The number of aromatic nitrogens is 1. The highest BCUT2D eigenvalue weighted by atomic mass is 16.5. The quantitative estimate of drug-likeness (QED) is 0.189. The van der Waals surface area contributed by atoms with Crippen LogP contribution in [0.4, 0.5) is 0 Å². The van der Waals surface area contributed by atoms with Crippen molar-refractivity contribution >= 4 is 5.91 Å². The molecule has 10 heteroatoms. The molecule has 0 saturated carbocycles. The largest absolute Gasteiger partial charge is 0.493 e. The van der Waals surface area contributed by atoms with Gasteiger partial charge < -0.3 is 19.9 Å². The highest BCUT2D eigenvalue weighted by Gasteiger charge is 2.34. The summed E-state index contributed by atoms with van der Waals surface area (Å²) >= 11 is 0. The Balaban J connectivity index is 1.97. The van der Waals surface area contributed by atoms with E-state index in [4.69, 9.17) is 15.3 Å². The highest BCUT2D eigenvalue weighted by Crippen LogP contribution is 2.45. The van der Waals surface area contributed by atoms with Crippen LogP contribution < -0.4 is 20.7 Å². The van der Waals surface area contributed by atoms with Crippen LogP contribution in [0.3, 0.4) is 0 Å². The average Bonchev–Trinajstić information content (AvgIpc) is 2.80. The van der Waals surface area contributed by atoms with Crippen LogP contribution in [-0.2, 0) is 6.42 Å².